The van der Waals surface area contributed by atoms with Crippen LogP contribution in [-0.2, 0) is 10.0 Å². The third kappa shape index (κ3) is 5.57. The van der Waals surface area contributed by atoms with Gasteiger partial charge in [0.2, 0.25) is 10.0 Å². The van der Waals surface area contributed by atoms with E-state index in [0.29, 0.717) is 5.56 Å². The van der Waals surface area contributed by atoms with Gasteiger partial charge in [0, 0.05) is 36.7 Å². The first-order valence-electron chi connectivity index (χ1n) is 11.1. The summed E-state index contributed by atoms with van der Waals surface area (Å²) in [5.74, 6) is -0.196. The molecule has 0 aromatic heterocycles. The Balaban J connectivity index is 1.52. The molecular formula is C29H26N2O3S. The van der Waals surface area contributed by atoms with Crippen LogP contribution in [0, 0.1) is 0 Å². The number of allylic oxidation sites excluding steroid dienone is 1. The highest BCUT2D eigenvalue weighted by molar-refractivity contribution is 7.89. The van der Waals surface area contributed by atoms with Gasteiger partial charge in [-0.3, -0.25) is 4.79 Å². The fourth-order valence-corrected chi connectivity index (χ4v) is 4.51. The van der Waals surface area contributed by atoms with E-state index in [1.165, 1.54) is 44.4 Å². The number of nitrogens with zero attached hydrogens (tertiary/aromatic N) is 2. The molecule has 35 heavy (non-hydrogen) atoms. The summed E-state index contributed by atoms with van der Waals surface area (Å²) in [5.41, 5.74) is 4.42. The van der Waals surface area contributed by atoms with Crippen LogP contribution in [0.2, 0.25) is 0 Å². The average Bonchev–Trinajstić information content (AvgIpc) is 2.89. The Labute approximate surface area is 206 Å². The fourth-order valence-electron chi connectivity index (χ4n) is 3.61. The lowest BCUT2D eigenvalue weighted by atomic mass is 10.1. The largest absolute Gasteiger partial charge is 0.311 e. The lowest BCUT2D eigenvalue weighted by Crippen LogP contribution is -2.22. The summed E-state index contributed by atoms with van der Waals surface area (Å²) in [6.45, 7) is 0. The first kappa shape index (κ1) is 24.1. The Morgan fingerprint density at radius 3 is 1.63 bits per heavy atom. The van der Waals surface area contributed by atoms with E-state index in [9.17, 15) is 13.2 Å². The highest BCUT2D eigenvalue weighted by atomic mass is 32.2. The molecule has 0 saturated carbocycles. The molecule has 0 atom stereocenters. The van der Waals surface area contributed by atoms with Gasteiger partial charge in [-0.2, -0.15) is 0 Å². The van der Waals surface area contributed by atoms with Crippen molar-refractivity contribution in [1.82, 2.24) is 4.31 Å². The number of sulfonamides is 1. The lowest BCUT2D eigenvalue weighted by molar-refractivity contribution is 0.104. The van der Waals surface area contributed by atoms with Crippen molar-refractivity contribution in [1.29, 1.82) is 0 Å². The molecular weight excluding hydrogens is 456 g/mol. The number of carbonyl (C=O) groups excluding carboxylic acids is 1. The van der Waals surface area contributed by atoms with Crippen molar-refractivity contribution in [3.63, 3.8) is 0 Å². The second-order valence-electron chi connectivity index (χ2n) is 8.11. The van der Waals surface area contributed by atoms with E-state index in [4.69, 9.17) is 0 Å². The van der Waals surface area contributed by atoms with Crippen molar-refractivity contribution < 1.29 is 13.2 Å². The summed E-state index contributed by atoms with van der Waals surface area (Å²) in [7, 11) is -0.579. The molecule has 0 amide bonds. The zero-order chi connectivity index (χ0) is 24.8. The molecule has 0 unspecified atom stereocenters. The van der Waals surface area contributed by atoms with Gasteiger partial charge in [-0.25, -0.2) is 12.7 Å². The lowest BCUT2D eigenvalue weighted by Gasteiger charge is -2.25. The van der Waals surface area contributed by atoms with Crippen LogP contribution < -0.4 is 4.90 Å². The van der Waals surface area contributed by atoms with E-state index < -0.39 is 10.0 Å². The van der Waals surface area contributed by atoms with Crippen molar-refractivity contribution in [2.45, 2.75) is 4.90 Å². The highest BCUT2D eigenvalue weighted by Crippen LogP contribution is 2.34. The summed E-state index contributed by atoms with van der Waals surface area (Å²) in [4.78, 5) is 14.9. The van der Waals surface area contributed by atoms with Crippen LogP contribution in [0.4, 0.5) is 17.1 Å². The van der Waals surface area contributed by atoms with E-state index in [1.807, 2.05) is 60.7 Å². The molecule has 0 aliphatic rings. The van der Waals surface area contributed by atoms with Crippen LogP contribution in [-0.4, -0.2) is 32.6 Å². The highest BCUT2D eigenvalue weighted by Gasteiger charge is 2.17. The predicted molar refractivity (Wildman–Crippen MR) is 142 cm³/mol. The Hall–Kier alpha value is -4.00. The third-order valence-corrected chi connectivity index (χ3v) is 7.35. The molecule has 0 N–H and O–H groups in total. The average molecular weight is 483 g/mol. The van der Waals surface area contributed by atoms with Crippen LogP contribution in [0.5, 0.6) is 0 Å². The van der Waals surface area contributed by atoms with Crippen LogP contribution in [0.15, 0.2) is 120 Å². The topological polar surface area (TPSA) is 57.7 Å². The van der Waals surface area contributed by atoms with E-state index >= 15 is 0 Å². The fraction of sp³-hybridized carbons (Fsp3) is 0.0690. The maximum Gasteiger partial charge on any atom is 0.242 e. The maximum atomic E-state index is 12.6. The van der Waals surface area contributed by atoms with E-state index in [2.05, 4.69) is 29.2 Å². The van der Waals surface area contributed by atoms with Gasteiger partial charge in [0.1, 0.15) is 0 Å². The molecule has 4 rings (SSSR count). The minimum absolute atomic E-state index is 0.153. The first-order valence-corrected chi connectivity index (χ1v) is 12.6. The Morgan fingerprint density at radius 1 is 0.657 bits per heavy atom. The van der Waals surface area contributed by atoms with Gasteiger partial charge in [-0.1, -0.05) is 54.6 Å². The minimum Gasteiger partial charge on any atom is -0.311 e. The number of anilines is 3. The molecule has 0 aliphatic heterocycles. The van der Waals surface area contributed by atoms with Gasteiger partial charge >= 0.3 is 0 Å². The molecule has 176 valence electrons. The van der Waals surface area contributed by atoms with Gasteiger partial charge < -0.3 is 4.90 Å². The summed E-state index contributed by atoms with van der Waals surface area (Å²) in [5, 5.41) is 0. The summed E-state index contributed by atoms with van der Waals surface area (Å²) < 4.78 is 25.6. The number of rotatable bonds is 8. The smallest absolute Gasteiger partial charge is 0.242 e. The van der Waals surface area contributed by atoms with Gasteiger partial charge in [0.25, 0.3) is 0 Å². The molecule has 0 saturated heterocycles. The summed E-state index contributed by atoms with van der Waals surface area (Å²) >= 11 is 0. The number of ketones is 1. The summed E-state index contributed by atoms with van der Waals surface area (Å²) in [6, 6.07) is 34.2. The van der Waals surface area contributed by atoms with Crippen molar-refractivity contribution >= 4 is 38.9 Å². The molecule has 6 heteroatoms. The van der Waals surface area contributed by atoms with E-state index in [1.54, 1.807) is 6.08 Å². The monoisotopic (exact) mass is 482 g/mol. The molecule has 0 spiro atoms. The third-order valence-electron chi connectivity index (χ3n) is 5.52. The van der Waals surface area contributed by atoms with Crippen LogP contribution in [0.25, 0.3) is 6.08 Å². The Morgan fingerprint density at radius 2 is 1.14 bits per heavy atom. The first-order chi connectivity index (χ1) is 16.9. The molecule has 0 bridgehead atoms. The molecule has 4 aromatic rings. The quantitative estimate of drug-likeness (QED) is 0.218. The second-order valence-corrected chi connectivity index (χ2v) is 10.3. The molecule has 0 radical (unpaired) electrons. The minimum atomic E-state index is -3.53. The molecule has 4 aromatic carbocycles. The van der Waals surface area contributed by atoms with Gasteiger partial charge in [-0.15, -0.1) is 0 Å². The van der Waals surface area contributed by atoms with E-state index in [-0.39, 0.29) is 10.7 Å². The molecule has 5 nitrogen and oxygen atoms in total. The zero-order valence-corrected chi connectivity index (χ0v) is 20.4. The van der Waals surface area contributed by atoms with Crippen LogP contribution >= 0.6 is 0 Å². The van der Waals surface area contributed by atoms with Gasteiger partial charge in [-0.05, 0) is 72.3 Å². The van der Waals surface area contributed by atoms with Gasteiger partial charge in [0.05, 0.1) is 4.90 Å². The van der Waals surface area contributed by atoms with Crippen LogP contribution in [0.1, 0.15) is 15.9 Å². The Kier molecular flexibility index (Phi) is 7.25. The normalized spacial score (nSPS) is 11.6. The van der Waals surface area contributed by atoms with Crippen molar-refractivity contribution in [3.05, 3.63) is 126 Å². The molecule has 0 aliphatic carbocycles. The predicted octanol–water partition coefficient (Wildman–Crippen LogP) is 6.30. The number of hydrogen-bond acceptors (Lipinski definition) is 4. The SMILES string of the molecule is CN(C)S(=O)(=O)c1ccc(C(=O)C=Cc2ccc(N(c3ccccc3)c3ccccc3)cc2)cc1. The van der Waals surface area contributed by atoms with Crippen molar-refractivity contribution in [3.8, 4) is 0 Å². The van der Waals surface area contributed by atoms with Crippen molar-refractivity contribution in [2.75, 3.05) is 19.0 Å². The second kappa shape index (κ2) is 10.5. The van der Waals surface area contributed by atoms with Crippen LogP contribution in [0.3, 0.4) is 0 Å². The summed E-state index contributed by atoms with van der Waals surface area (Å²) in [6.07, 6.45) is 3.25. The molecule has 0 fully saturated rings. The number of para-hydroxylation sites is 2. The molecule has 0 heterocycles. The number of hydrogen-bond donors (Lipinski definition) is 0. The zero-order valence-electron chi connectivity index (χ0n) is 19.6. The maximum absolute atomic E-state index is 12.6. The van der Waals surface area contributed by atoms with Gasteiger partial charge in [0.15, 0.2) is 5.78 Å². The number of benzene rings is 4. The Bertz CT molecular complexity index is 1370. The van der Waals surface area contributed by atoms with Crippen molar-refractivity contribution in [2.24, 2.45) is 0 Å². The standard InChI is InChI=1S/C29H26N2O3S/c1-30(2)35(33,34)28-20-16-24(17-21-28)29(32)22-15-23-13-18-27(19-14-23)31(25-9-5-3-6-10-25)26-11-7-4-8-12-26/h3-22H,1-2H3. The van der Waals surface area contributed by atoms with E-state index in [0.717, 1.165) is 26.9 Å². The number of carbonyl (C=O) groups is 1.